The van der Waals surface area contributed by atoms with Crippen LogP contribution in [-0.4, -0.2) is 45.9 Å². The van der Waals surface area contributed by atoms with E-state index in [-0.39, 0.29) is 11.1 Å². The Kier molecular flexibility index (Phi) is 3.36. The minimum Gasteiger partial charge on any atom is -0.312 e. The first-order valence-corrected chi connectivity index (χ1v) is 6.78. The predicted octanol–water partition coefficient (Wildman–Crippen LogP) is 2.66. The zero-order valence-electron chi connectivity index (χ0n) is 11.7. The maximum atomic E-state index is 10.2. The SMILES string of the molecule is CC1(C)C=C(CN2CCCCC2)C(C)(C)N1O. The van der Waals surface area contributed by atoms with Gasteiger partial charge in [-0.2, -0.15) is 5.06 Å². The second-order valence-corrected chi connectivity index (χ2v) is 6.53. The lowest BCUT2D eigenvalue weighted by Gasteiger charge is -2.37. The van der Waals surface area contributed by atoms with Crippen molar-refractivity contribution in [3.05, 3.63) is 11.6 Å². The molecule has 0 amide bonds. The number of hydroxylamine groups is 2. The van der Waals surface area contributed by atoms with Gasteiger partial charge in [-0.1, -0.05) is 12.5 Å². The van der Waals surface area contributed by atoms with E-state index < -0.39 is 0 Å². The van der Waals surface area contributed by atoms with Gasteiger partial charge in [0.1, 0.15) is 0 Å². The molecule has 0 aliphatic carbocycles. The van der Waals surface area contributed by atoms with Crippen LogP contribution in [0.3, 0.4) is 0 Å². The molecule has 2 heterocycles. The molecule has 0 saturated carbocycles. The van der Waals surface area contributed by atoms with Gasteiger partial charge in [-0.05, 0) is 59.2 Å². The van der Waals surface area contributed by atoms with Crippen LogP contribution in [0, 0.1) is 0 Å². The number of hydrogen-bond donors (Lipinski definition) is 1. The first-order valence-electron chi connectivity index (χ1n) is 6.78. The summed E-state index contributed by atoms with van der Waals surface area (Å²) in [6.07, 6.45) is 6.25. The Morgan fingerprint density at radius 2 is 1.71 bits per heavy atom. The molecule has 1 fully saturated rings. The Morgan fingerprint density at radius 3 is 2.18 bits per heavy atom. The molecule has 98 valence electrons. The molecule has 0 bridgehead atoms. The van der Waals surface area contributed by atoms with Crippen molar-refractivity contribution >= 4 is 0 Å². The molecular formula is C14H26N2O. The van der Waals surface area contributed by atoms with E-state index in [4.69, 9.17) is 0 Å². The highest BCUT2D eigenvalue weighted by molar-refractivity contribution is 5.30. The molecule has 0 radical (unpaired) electrons. The number of hydrogen-bond acceptors (Lipinski definition) is 3. The van der Waals surface area contributed by atoms with Crippen molar-refractivity contribution in [3.63, 3.8) is 0 Å². The van der Waals surface area contributed by atoms with Gasteiger partial charge in [0.15, 0.2) is 0 Å². The highest BCUT2D eigenvalue weighted by Gasteiger charge is 2.45. The van der Waals surface area contributed by atoms with Crippen LogP contribution >= 0.6 is 0 Å². The summed E-state index contributed by atoms with van der Waals surface area (Å²) in [5, 5.41) is 11.7. The summed E-state index contributed by atoms with van der Waals surface area (Å²) in [6.45, 7) is 11.8. The molecule has 0 unspecified atom stereocenters. The third kappa shape index (κ3) is 2.42. The van der Waals surface area contributed by atoms with Crippen molar-refractivity contribution in [2.24, 2.45) is 0 Å². The van der Waals surface area contributed by atoms with E-state index in [0.717, 1.165) is 6.54 Å². The van der Waals surface area contributed by atoms with Crippen molar-refractivity contribution in [1.82, 2.24) is 9.96 Å². The molecule has 0 spiro atoms. The molecular weight excluding hydrogens is 212 g/mol. The van der Waals surface area contributed by atoms with Crippen LogP contribution in [0.2, 0.25) is 0 Å². The monoisotopic (exact) mass is 238 g/mol. The highest BCUT2D eigenvalue weighted by atomic mass is 16.5. The van der Waals surface area contributed by atoms with Crippen molar-refractivity contribution < 1.29 is 5.21 Å². The fourth-order valence-corrected chi connectivity index (χ4v) is 3.12. The number of rotatable bonds is 2. The van der Waals surface area contributed by atoms with E-state index in [1.54, 1.807) is 0 Å². The fraction of sp³-hybridized carbons (Fsp3) is 0.857. The average molecular weight is 238 g/mol. The lowest BCUT2D eigenvalue weighted by atomic mass is 9.95. The van der Waals surface area contributed by atoms with Crippen LogP contribution < -0.4 is 0 Å². The quantitative estimate of drug-likeness (QED) is 0.749. The van der Waals surface area contributed by atoms with E-state index in [2.05, 4.69) is 38.7 Å². The standard InChI is InChI=1S/C14H26N2O/c1-13(2)10-12(14(3,4)16(13)17)11-15-8-6-5-7-9-15/h10,17H,5-9,11H2,1-4H3. The molecule has 0 aromatic heterocycles. The van der Waals surface area contributed by atoms with Gasteiger partial charge >= 0.3 is 0 Å². The van der Waals surface area contributed by atoms with E-state index in [1.165, 1.54) is 43.0 Å². The average Bonchev–Trinajstić information content (AvgIpc) is 2.41. The zero-order chi connectivity index (χ0) is 12.7. The Bertz CT molecular complexity index is 314. The second kappa shape index (κ2) is 4.38. The lowest BCUT2D eigenvalue weighted by molar-refractivity contribution is -0.185. The summed E-state index contributed by atoms with van der Waals surface area (Å²) in [5.41, 5.74) is 0.877. The van der Waals surface area contributed by atoms with Gasteiger partial charge in [-0.15, -0.1) is 0 Å². The van der Waals surface area contributed by atoms with Crippen LogP contribution in [0.15, 0.2) is 11.6 Å². The first-order chi connectivity index (χ1) is 7.84. The van der Waals surface area contributed by atoms with Gasteiger partial charge < -0.3 is 5.21 Å². The summed E-state index contributed by atoms with van der Waals surface area (Å²) in [7, 11) is 0. The normalized spacial score (nSPS) is 29.4. The van der Waals surface area contributed by atoms with Crippen molar-refractivity contribution in [3.8, 4) is 0 Å². The summed E-state index contributed by atoms with van der Waals surface area (Å²) in [5.74, 6) is 0. The minimum absolute atomic E-state index is 0.235. The zero-order valence-corrected chi connectivity index (χ0v) is 11.7. The summed E-state index contributed by atoms with van der Waals surface area (Å²) in [4.78, 5) is 2.52. The largest absolute Gasteiger partial charge is 0.312 e. The van der Waals surface area contributed by atoms with Gasteiger partial charge in [0.2, 0.25) is 0 Å². The molecule has 17 heavy (non-hydrogen) atoms. The highest BCUT2D eigenvalue weighted by Crippen LogP contribution is 2.38. The molecule has 2 rings (SSSR count). The predicted molar refractivity (Wildman–Crippen MR) is 70.2 cm³/mol. The Balaban J connectivity index is 2.09. The van der Waals surface area contributed by atoms with Gasteiger partial charge in [0.05, 0.1) is 11.1 Å². The first kappa shape index (κ1) is 13.1. The topological polar surface area (TPSA) is 26.7 Å². The molecule has 0 aromatic carbocycles. The van der Waals surface area contributed by atoms with Crippen LogP contribution in [0.1, 0.15) is 47.0 Å². The smallest absolute Gasteiger partial charge is 0.0635 e. The van der Waals surface area contributed by atoms with Crippen LogP contribution in [0.4, 0.5) is 0 Å². The van der Waals surface area contributed by atoms with Gasteiger partial charge in [-0.25, -0.2) is 0 Å². The Labute approximate surface area is 105 Å². The van der Waals surface area contributed by atoms with E-state index >= 15 is 0 Å². The van der Waals surface area contributed by atoms with E-state index in [1.807, 2.05) is 0 Å². The summed E-state index contributed by atoms with van der Waals surface area (Å²) < 4.78 is 0. The van der Waals surface area contributed by atoms with Gasteiger partial charge in [0.25, 0.3) is 0 Å². The molecule has 2 aliphatic heterocycles. The van der Waals surface area contributed by atoms with Gasteiger partial charge in [-0.3, -0.25) is 4.90 Å². The Hall–Kier alpha value is -0.380. The van der Waals surface area contributed by atoms with Crippen LogP contribution in [-0.2, 0) is 0 Å². The third-order valence-corrected chi connectivity index (χ3v) is 4.23. The summed E-state index contributed by atoms with van der Waals surface area (Å²) in [6, 6.07) is 0. The number of piperidine rings is 1. The molecule has 0 aromatic rings. The van der Waals surface area contributed by atoms with E-state index in [0.29, 0.717) is 0 Å². The molecule has 3 nitrogen and oxygen atoms in total. The van der Waals surface area contributed by atoms with Gasteiger partial charge in [0, 0.05) is 6.54 Å². The van der Waals surface area contributed by atoms with Crippen molar-refractivity contribution in [1.29, 1.82) is 0 Å². The third-order valence-electron chi connectivity index (χ3n) is 4.23. The molecule has 1 saturated heterocycles. The maximum absolute atomic E-state index is 10.2. The molecule has 2 aliphatic rings. The van der Waals surface area contributed by atoms with Crippen LogP contribution in [0.5, 0.6) is 0 Å². The minimum atomic E-state index is -0.241. The van der Waals surface area contributed by atoms with E-state index in [9.17, 15) is 5.21 Å². The molecule has 3 heteroatoms. The Morgan fingerprint density at radius 1 is 1.12 bits per heavy atom. The summed E-state index contributed by atoms with van der Waals surface area (Å²) >= 11 is 0. The van der Waals surface area contributed by atoms with Crippen molar-refractivity contribution in [2.45, 2.75) is 58.0 Å². The second-order valence-electron chi connectivity index (χ2n) is 6.53. The lowest BCUT2D eigenvalue weighted by Crippen LogP contribution is -2.49. The van der Waals surface area contributed by atoms with Crippen molar-refractivity contribution in [2.75, 3.05) is 19.6 Å². The molecule has 1 N–H and O–H groups in total. The fourth-order valence-electron chi connectivity index (χ4n) is 3.12. The number of nitrogens with zero attached hydrogens (tertiary/aromatic N) is 2. The molecule has 0 atom stereocenters. The van der Waals surface area contributed by atoms with Crippen LogP contribution in [0.25, 0.3) is 0 Å². The maximum Gasteiger partial charge on any atom is 0.0635 e. The number of likely N-dealkylation sites (tertiary alicyclic amines) is 1.